The van der Waals surface area contributed by atoms with Gasteiger partial charge >= 0.3 is 5.97 Å². The molecule has 0 bridgehead atoms. The average Bonchev–Trinajstić information content (AvgIpc) is 2.86. The number of benzene rings is 2. The summed E-state index contributed by atoms with van der Waals surface area (Å²) in [5, 5.41) is 25.5. The number of carbonyl (C=O) groups is 5. The summed E-state index contributed by atoms with van der Waals surface area (Å²) in [6.45, 7) is -0.645. The maximum atomic E-state index is 13.1. The first-order chi connectivity index (χ1) is 17.5. The van der Waals surface area contributed by atoms with E-state index in [2.05, 4.69) is 16.0 Å². The van der Waals surface area contributed by atoms with Crippen molar-refractivity contribution in [2.75, 3.05) is 6.54 Å². The number of aliphatic carboxylic acids is 1. The molecular weight excluding hydrogens is 482 g/mol. The van der Waals surface area contributed by atoms with Crippen LogP contribution in [-0.2, 0) is 36.8 Å². The molecule has 0 fully saturated rings. The van der Waals surface area contributed by atoms with Gasteiger partial charge in [0.1, 0.15) is 24.4 Å². The monoisotopic (exact) mass is 513 g/mol. The van der Waals surface area contributed by atoms with Gasteiger partial charge in [0, 0.05) is 12.8 Å². The van der Waals surface area contributed by atoms with Crippen LogP contribution in [0.5, 0.6) is 5.75 Å². The minimum atomic E-state index is -1.26. The summed E-state index contributed by atoms with van der Waals surface area (Å²) >= 11 is 0. The van der Waals surface area contributed by atoms with E-state index in [4.69, 9.17) is 16.6 Å². The van der Waals surface area contributed by atoms with Crippen LogP contribution in [0.2, 0.25) is 0 Å². The zero-order chi connectivity index (χ0) is 27.4. The molecule has 0 spiro atoms. The van der Waals surface area contributed by atoms with Gasteiger partial charge in [0.05, 0.1) is 6.04 Å². The largest absolute Gasteiger partial charge is 0.508 e. The Balaban J connectivity index is 2.14. The van der Waals surface area contributed by atoms with Crippen molar-refractivity contribution in [2.45, 2.75) is 43.8 Å². The van der Waals surface area contributed by atoms with Gasteiger partial charge in [0.15, 0.2) is 0 Å². The van der Waals surface area contributed by atoms with Crippen LogP contribution in [-0.4, -0.2) is 64.5 Å². The number of nitrogens with two attached hydrogens (primary N) is 2. The molecule has 0 aromatic heterocycles. The third-order valence-corrected chi connectivity index (χ3v) is 5.37. The van der Waals surface area contributed by atoms with E-state index in [1.165, 1.54) is 12.1 Å². The maximum Gasteiger partial charge on any atom is 0.322 e. The van der Waals surface area contributed by atoms with Gasteiger partial charge < -0.3 is 37.6 Å². The third-order valence-electron chi connectivity index (χ3n) is 5.37. The molecule has 12 heteroatoms. The second-order valence-electron chi connectivity index (χ2n) is 8.41. The number of carbonyl (C=O) groups excluding carboxylic acids is 4. The van der Waals surface area contributed by atoms with E-state index in [9.17, 15) is 29.1 Å². The number of rotatable bonds is 14. The summed E-state index contributed by atoms with van der Waals surface area (Å²) in [6.07, 6.45) is -0.201. The summed E-state index contributed by atoms with van der Waals surface area (Å²) in [7, 11) is 0. The fourth-order valence-electron chi connectivity index (χ4n) is 3.43. The van der Waals surface area contributed by atoms with Crippen LogP contribution in [0.3, 0.4) is 0 Å². The van der Waals surface area contributed by atoms with E-state index in [0.717, 1.165) is 0 Å². The summed E-state index contributed by atoms with van der Waals surface area (Å²) in [4.78, 5) is 60.7. The molecule has 0 radical (unpaired) electrons. The molecule has 0 saturated carbocycles. The van der Waals surface area contributed by atoms with Gasteiger partial charge in [-0.2, -0.15) is 0 Å². The predicted molar refractivity (Wildman–Crippen MR) is 133 cm³/mol. The molecule has 2 aromatic carbocycles. The fourth-order valence-corrected chi connectivity index (χ4v) is 3.43. The molecular formula is C25H31N5O7. The first-order valence-electron chi connectivity index (χ1n) is 11.5. The van der Waals surface area contributed by atoms with E-state index in [0.29, 0.717) is 11.1 Å². The van der Waals surface area contributed by atoms with Gasteiger partial charge in [-0.15, -0.1) is 0 Å². The van der Waals surface area contributed by atoms with Gasteiger partial charge in [-0.25, -0.2) is 0 Å². The topological polar surface area (TPSA) is 214 Å². The van der Waals surface area contributed by atoms with Crippen LogP contribution in [0.15, 0.2) is 54.6 Å². The van der Waals surface area contributed by atoms with Crippen LogP contribution in [0.4, 0.5) is 0 Å². The first kappa shape index (κ1) is 28.8. The lowest BCUT2D eigenvalue weighted by molar-refractivity contribution is -0.138. The Kier molecular flexibility index (Phi) is 11.0. The van der Waals surface area contributed by atoms with E-state index >= 15 is 0 Å². The normalized spacial score (nSPS) is 13.0. The Morgan fingerprint density at radius 3 is 1.97 bits per heavy atom. The molecule has 2 aromatic rings. The van der Waals surface area contributed by atoms with Crippen molar-refractivity contribution in [3.8, 4) is 5.75 Å². The van der Waals surface area contributed by atoms with Crippen molar-refractivity contribution in [2.24, 2.45) is 11.5 Å². The second-order valence-corrected chi connectivity index (χ2v) is 8.41. The van der Waals surface area contributed by atoms with Crippen molar-refractivity contribution < 1.29 is 34.2 Å². The van der Waals surface area contributed by atoms with Gasteiger partial charge in [-0.1, -0.05) is 42.5 Å². The lowest BCUT2D eigenvalue weighted by atomic mass is 10.0. The van der Waals surface area contributed by atoms with Crippen molar-refractivity contribution in [3.05, 3.63) is 65.7 Å². The lowest BCUT2D eigenvalue weighted by Crippen LogP contribution is -2.56. The summed E-state index contributed by atoms with van der Waals surface area (Å²) in [5.41, 5.74) is 12.6. The van der Waals surface area contributed by atoms with Gasteiger partial charge in [-0.3, -0.25) is 24.0 Å². The van der Waals surface area contributed by atoms with Gasteiger partial charge in [-0.05, 0) is 36.1 Å². The van der Waals surface area contributed by atoms with Crippen LogP contribution >= 0.6 is 0 Å². The van der Waals surface area contributed by atoms with Crippen molar-refractivity contribution in [1.29, 1.82) is 0 Å². The molecule has 0 heterocycles. The Morgan fingerprint density at radius 1 is 0.784 bits per heavy atom. The van der Waals surface area contributed by atoms with E-state index in [-0.39, 0.29) is 31.4 Å². The number of phenolic OH excluding ortho intramolecular Hbond substituents is 1. The molecule has 4 amide bonds. The maximum absolute atomic E-state index is 13.1. The molecule has 12 nitrogen and oxygen atoms in total. The molecule has 0 aliphatic heterocycles. The van der Waals surface area contributed by atoms with Crippen molar-refractivity contribution in [1.82, 2.24) is 16.0 Å². The summed E-state index contributed by atoms with van der Waals surface area (Å²) in [6, 6.07) is 11.4. The van der Waals surface area contributed by atoms with Gasteiger partial charge in [0.25, 0.3) is 0 Å². The summed E-state index contributed by atoms with van der Waals surface area (Å²) < 4.78 is 0. The zero-order valence-corrected chi connectivity index (χ0v) is 20.1. The summed E-state index contributed by atoms with van der Waals surface area (Å²) in [5.74, 6) is -4.07. The van der Waals surface area contributed by atoms with E-state index in [1.807, 2.05) is 0 Å². The quantitative estimate of drug-likeness (QED) is 0.165. The highest BCUT2D eigenvalue weighted by atomic mass is 16.4. The Morgan fingerprint density at radius 2 is 1.38 bits per heavy atom. The number of hydrogen-bond donors (Lipinski definition) is 7. The standard InChI is InChI=1S/C25H31N5O7/c26-18(12-16-6-8-17(31)9-7-16)23(35)29-19(10-11-21(27)32)25(37)30-20(24(36)28-14-22(33)34)13-15-4-2-1-3-5-15/h1-9,18-20,31H,10-14,26H2,(H2,27,32)(H,28,36)(H,29,35)(H,30,37)(H,33,34). The van der Waals surface area contributed by atoms with Crippen LogP contribution < -0.4 is 27.4 Å². The second kappa shape index (κ2) is 14.2. The number of aromatic hydroxyl groups is 1. The van der Waals surface area contributed by atoms with E-state index < -0.39 is 54.3 Å². The molecule has 198 valence electrons. The number of hydrogen-bond acceptors (Lipinski definition) is 7. The van der Waals surface area contributed by atoms with Gasteiger partial charge in [0.2, 0.25) is 23.6 Å². The first-order valence-corrected chi connectivity index (χ1v) is 11.5. The average molecular weight is 514 g/mol. The van der Waals surface area contributed by atoms with Crippen LogP contribution in [0.1, 0.15) is 24.0 Å². The number of phenols is 1. The molecule has 3 atom stereocenters. The highest BCUT2D eigenvalue weighted by Crippen LogP contribution is 2.11. The lowest BCUT2D eigenvalue weighted by Gasteiger charge is -2.24. The number of primary amides is 1. The molecule has 9 N–H and O–H groups in total. The Hall–Kier alpha value is -4.45. The smallest absolute Gasteiger partial charge is 0.322 e. The van der Waals surface area contributed by atoms with Crippen LogP contribution in [0.25, 0.3) is 0 Å². The Labute approximate surface area is 213 Å². The number of nitrogens with one attached hydrogen (secondary N) is 3. The number of amides is 4. The third kappa shape index (κ3) is 10.4. The highest BCUT2D eigenvalue weighted by Gasteiger charge is 2.29. The molecule has 3 unspecified atom stereocenters. The molecule has 0 aliphatic rings. The molecule has 0 aliphatic carbocycles. The molecule has 2 rings (SSSR count). The minimum absolute atomic E-state index is 0.0505. The molecule has 0 saturated heterocycles. The predicted octanol–water partition coefficient (Wildman–Crippen LogP) is -1.06. The fraction of sp³-hybridized carbons (Fsp3) is 0.320. The highest BCUT2D eigenvalue weighted by molar-refractivity contribution is 5.94. The minimum Gasteiger partial charge on any atom is -0.508 e. The number of carboxylic acid groups (broad SMARTS) is 1. The Bertz CT molecular complexity index is 1090. The number of carboxylic acids is 1. The SMILES string of the molecule is NC(=O)CCC(NC(=O)C(N)Cc1ccc(O)cc1)C(=O)NC(Cc1ccccc1)C(=O)NCC(=O)O. The van der Waals surface area contributed by atoms with Crippen LogP contribution in [0, 0.1) is 0 Å². The zero-order valence-electron chi connectivity index (χ0n) is 20.1. The molecule has 37 heavy (non-hydrogen) atoms. The van der Waals surface area contributed by atoms with E-state index in [1.54, 1.807) is 42.5 Å². The van der Waals surface area contributed by atoms with Crippen molar-refractivity contribution in [3.63, 3.8) is 0 Å². The van der Waals surface area contributed by atoms with Crippen molar-refractivity contribution >= 4 is 29.6 Å².